The van der Waals surface area contributed by atoms with Crippen molar-refractivity contribution in [2.24, 2.45) is 11.8 Å². The SMILES string of the molecule is CCCC(C)(C)NCC1CC(C)=CC(C)C1. The summed E-state index contributed by atoms with van der Waals surface area (Å²) >= 11 is 0. The lowest BCUT2D eigenvalue weighted by atomic mass is 9.83. The van der Waals surface area contributed by atoms with Crippen molar-refractivity contribution in [2.45, 2.75) is 65.8 Å². The highest BCUT2D eigenvalue weighted by atomic mass is 15.0. The van der Waals surface area contributed by atoms with Gasteiger partial charge in [0.2, 0.25) is 0 Å². The van der Waals surface area contributed by atoms with E-state index in [4.69, 9.17) is 0 Å². The Morgan fingerprint density at radius 3 is 2.69 bits per heavy atom. The number of allylic oxidation sites excluding steroid dienone is 2. The summed E-state index contributed by atoms with van der Waals surface area (Å²) in [5.41, 5.74) is 1.89. The smallest absolute Gasteiger partial charge is 0.0125 e. The fraction of sp³-hybridized carbons (Fsp3) is 0.867. The molecule has 0 aliphatic heterocycles. The molecule has 0 bridgehead atoms. The molecule has 2 unspecified atom stereocenters. The Morgan fingerprint density at radius 1 is 1.44 bits per heavy atom. The lowest BCUT2D eigenvalue weighted by Crippen LogP contribution is -2.42. The predicted octanol–water partition coefficient (Wildman–Crippen LogP) is 4.15. The Morgan fingerprint density at radius 2 is 2.12 bits per heavy atom. The first-order chi connectivity index (χ1) is 7.43. The molecule has 1 aliphatic carbocycles. The zero-order valence-electron chi connectivity index (χ0n) is 11.8. The molecule has 0 aromatic carbocycles. The van der Waals surface area contributed by atoms with Crippen molar-refractivity contribution in [3.8, 4) is 0 Å². The molecule has 1 nitrogen and oxygen atoms in total. The van der Waals surface area contributed by atoms with Gasteiger partial charge in [-0.1, -0.05) is 31.9 Å². The van der Waals surface area contributed by atoms with Gasteiger partial charge in [0.1, 0.15) is 0 Å². The molecule has 0 amide bonds. The van der Waals surface area contributed by atoms with Crippen molar-refractivity contribution in [3.63, 3.8) is 0 Å². The van der Waals surface area contributed by atoms with Crippen LogP contribution < -0.4 is 5.32 Å². The first kappa shape index (κ1) is 13.8. The molecule has 0 aromatic heterocycles. The van der Waals surface area contributed by atoms with Crippen LogP contribution in [0.15, 0.2) is 11.6 Å². The summed E-state index contributed by atoms with van der Waals surface area (Å²) < 4.78 is 0. The van der Waals surface area contributed by atoms with Gasteiger partial charge >= 0.3 is 0 Å². The minimum Gasteiger partial charge on any atom is -0.312 e. The molecule has 0 fully saturated rings. The Balaban J connectivity index is 2.36. The zero-order valence-corrected chi connectivity index (χ0v) is 11.8. The van der Waals surface area contributed by atoms with E-state index >= 15 is 0 Å². The average Bonchev–Trinajstić information content (AvgIpc) is 2.13. The van der Waals surface area contributed by atoms with E-state index in [0.29, 0.717) is 5.54 Å². The molecule has 94 valence electrons. The van der Waals surface area contributed by atoms with E-state index in [1.807, 2.05) is 0 Å². The van der Waals surface area contributed by atoms with E-state index in [1.165, 1.54) is 32.2 Å². The van der Waals surface area contributed by atoms with Crippen LogP contribution in [0.2, 0.25) is 0 Å². The molecule has 2 atom stereocenters. The quantitative estimate of drug-likeness (QED) is 0.691. The first-order valence-corrected chi connectivity index (χ1v) is 6.85. The summed E-state index contributed by atoms with van der Waals surface area (Å²) in [4.78, 5) is 0. The summed E-state index contributed by atoms with van der Waals surface area (Å²) in [7, 11) is 0. The van der Waals surface area contributed by atoms with E-state index in [2.05, 4.69) is 46.0 Å². The molecule has 16 heavy (non-hydrogen) atoms. The lowest BCUT2D eigenvalue weighted by Gasteiger charge is -2.31. The van der Waals surface area contributed by atoms with Crippen molar-refractivity contribution >= 4 is 0 Å². The minimum atomic E-state index is 0.313. The van der Waals surface area contributed by atoms with Gasteiger partial charge in [0.05, 0.1) is 0 Å². The van der Waals surface area contributed by atoms with Crippen molar-refractivity contribution in [1.82, 2.24) is 5.32 Å². The summed E-state index contributed by atoms with van der Waals surface area (Å²) in [6.07, 6.45) is 7.61. The van der Waals surface area contributed by atoms with E-state index < -0.39 is 0 Å². The standard InChI is InChI=1S/C15H29N/c1-6-7-15(4,5)16-11-14-9-12(2)8-13(3)10-14/h8,12,14,16H,6-7,9-11H2,1-5H3. The highest BCUT2D eigenvalue weighted by molar-refractivity contribution is 5.06. The highest BCUT2D eigenvalue weighted by Gasteiger charge is 2.21. The van der Waals surface area contributed by atoms with Crippen LogP contribution in [0.5, 0.6) is 0 Å². The minimum absolute atomic E-state index is 0.313. The van der Waals surface area contributed by atoms with Crippen molar-refractivity contribution < 1.29 is 0 Å². The van der Waals surface area contributed by atoms with Gasteiger partial charge in [-0.25, -0.2) is 0 Å². The van der Waals surface area contributed by atoms with E-state index in [9.17, 15) is 0 Å². The van der Waals surface area contributed by atoms with Gasteiger partial charge < -0.3 is 5.32 Å². The maximum Gasteiger partial charge on any atom is 0.0125 e. The third kappa shape index (κ3) is 4.69. The molecular formula is C15H29N. The van der Waals surface area contributed by atoms with Gasteiger partial charge in [-0.3, -0.25) is 0 Å². The largest absolute Gasteiger partial charge is 0.312 e. The van der Waals surface area contributed by atoms with Crippen LogP contribution in [-0.2, 0) is 0 Å². The third-order valence-corrected chi connectivity index (χ3v) is 3.63. The molecule has 1 heteroatoms. The van der Waals surface area contributed by atoms with Crippen molar-refractivity contribution in [3.05, 3.63) is 11.6 Å². The topological polar surface area (TPSA) is 12.0 Å². The summed E-state index contributed by atoms with van der Waals surface area (Å²) in [6.45, 7) is 12.7. The zero-order chi connectivity index (χ0) is 12.2. The molecule has 1 N–H and O–H groups in total. The monoisotopic (exact) mass is 223 g/mol. The van der Waals surface area contributed by atoms with Crippen LogP contribution in [0.1, 0.15) is 60.3 Å². The fourth-order valence-corrected chi connectivity index (χ4v) is 2.98. The fourth-order valence-electron chi connectivity index (χ4n) is 2.98. The molecule has 1 rings (SSSR count). The number of hydrogen-bond donors (Lipinski definition) is 1. The Bertz CT molecular complexity index is 240. The normalized spacial score (nSPS) is 26.7. The molecule has 1 aliphatic rings. The average molecular weight is 223 g/mol. The highest BCUT2D eigenvalue weighted by Crippen LogP contribution is 2.27. The van der Waals surface area contributed by atoms with Crippen LogP contribution in [0.25, 0.3) is 0 Å². The third-order valence-electron chi connectivity index (χ3n) is 3.63. The Kier molecular flexibility index (Phi) is 5.04. The molecule has 0 heterocycles. The van der Waals surface area contributed by atoms with Crippen LogP contribution in [0, 0.1) is 11.8 Å². The second kappa shape index (κ2) is 5.86. The maximum absolute atomic E-state index is 3.74. The Hall–Kier alpha value is -0.300. The Labute approximate surface area is 102 Å². The number of rotatable bonds is 5. The second-order valence-electron chi connectivity index (χ2n) is 6.31. The molecule has 0 spiro atoms. The van der Waals surface area contributed by atoms with E-state index in [1.54, 1.807) is 5.57 Å². The number of nitrogens with one attached hydrogen (secondary N) is 1. The molecular weight excluding hydrogens is 194 g/mol. The van der Waals surface area contributed by atoms with E-state index in [0.717, 1.165) is 11.8 Å². The summed E-state index contributed by atoms with van der Waals surface area (Å²) in [5, 5.41) is 3.74. The lowest BCUT2D eigenvalue weighted by molar-refractivity contribution is 0.300. The first-order valence-electron chi connectivity index (χ1n) is 6.85. The maximum atomic E-state index is 3.74. The second-order valence-corrected chi connectivity index (χ2v) is 6.31. The van der Waals surface area contributed by atoms with Crippen molar-refractivity contribution in [2.75, 3.05) is 6.54 Å². The summed E-state index contributed by atoms with van der Waals surface area (Å²) in [5.74, 6) is 1.62. The molecule has 0 aromatic rings. The number of hydrogen-bond acceptors (Lipinski definition) is 1. The summed E-state index contributed by atoms with van der Waals surface area (Å²) in [6, 6.07) is 0. The van der Waals surface area contributed by atoms with Crippen LogP contribution in [0.4, 0.5) is 0 Å². The van der Waals surface area contributed by atoms with Gasteiger partial charge in [-0.15, -0.1) is 0 Å². The molecule has 0 saturated heterocycles. The predicted molar refractivity (Wildman–Crippen MR) is 72.6 cm³/mol. The van der Waals surface area contributed by atoms with Gasteiger partial charge in [0, 0.05) is 5.54 Å². The molecule has 0 saturated carbocycles. The molecule has 0 radical (unpaired) electrons. The van der Waals surface area contributed by atoms with Gasteiger partial charge in [-0.2, -0.15) is 0 Å². The van der Waals surface area contributed by atoms with Crippen LogP contribution in [-0.4, -0.2) is 12.1 Å². The van der Waals surface area contributed by atoms with Crippen molar-refractivity contribution in [1.29, 1.82) is 0 Å². The van der Waals surface area contributed by atoms with Gasteiger partial charge in [0.25, 0.3) is 0 Å². The van der Waals surface area contributed by atoms with Crippen LogP contribution >= 0.6 is 0 Å². The van der Waals surface area contributed by atoms with E-state index in [-0.39, 0.29) is 0 Å². The van der Waals surface area contributed by atoms with Crippen LogP contribution in [0.3, 0.4) is 0 Å². The van der Waals surface area contributed by atoms with Gasteiger partial charge in [0.15, 0.2) is 0 Å². The van der Waals surface area contributed by atoms with Gasteiger partial charge in [-0.05, 0) is 58.4 Å².